The summed E-state index contributed by atoms with van der Waals surface area (Å²) >= 11 is 0. The molecule has 0 saturated carbocycles. The van der Waals surface area contributed by atoms with E-state index in [0.29, 0.717) is 18.6 Å². The van der Waals surface area contributed by atoms with Crippen LogP contribution in [0.15, 0.2) is 41.5 Å². The molecule has 3 aromatic rings. The lowest BCUT2D eigenvalue weighted by Crippen LogP contribution is -2.40. The molecule has 1 aromatic carbocycles. The Morgan fingerprint density at radius 2 is 2.23 bits per heavy atom. The number of aromatic nitrogens is 2. The second-order valence-electron chi connectivity index (χ2n) is 7.68. The van der Waals surface area contributed by atoms with Crippen molar-refractivity contribution in [2.75, 3.05) is 42.1 Å². The van der Waals surface area contributed by atoms with E-state index >= 15 is 4.39 Å². The van der Waals surface area contributed by atoms with Gasteiger partial charge in [-0.05, 0) is 24.6 Å². The third-order valence-electron chi connectivity index (χ3n) is 5.67. The van der Waals surface area contributed by atoms with Crippen LogP contribution in [0.25, 0.3) is 10.9 Å². The maximum atomic E-state index is 15.3. The van der Waals surface area contributed by atoms with Crippen molar-refractivity contribution >= 4 is 28.4 Å². The largest absolute Gasteiger partial charge is 0.477 e. The summed E-state index contributed by atoms with van der Waals surface area (Å²) in [7, 11) is 1.70. The van der Waals surface area contributed by atoms with Gasteiger partial charge in [0.2, 0.25) is 5.43 Å². The standard InChI is InChI=1S/C21H20FN5O4/c1-25-11-31-20-17-13(19(28)14(21(29)30)10-27(17)25)8-15(22)18(20)26-7-5-12(9-26)24-16-4-2-3-6-23-16/h2-4,6,8,10,12H,5,7,9,11H2,1H3,(H,23,24)(H,29,30). The minimum Gasteiger partial charge on any atom is -0.477 e. The first-order valence-corrected chi connectivity index (χ1v) is 9.86. The van der Waals surface area contributed by atoms with Gasteiger partial charge in [-0.2, -0.15) is 0 Å². The van der Waals surface area contributed by atoms with Crippen molar-refractivity contribution in [1.82, 2.24) is 9.66 Å². The zero-order valence-electron chi connectivity index (χ0n) is 16.7. The maximum Gasteiger partial charge on any atom is 0.341 e. The number of rotatable bonds is 4. The average Bonchev–Trinajstić information content (AvgIpc) is 3.20. The molecule has 1 saturated heterocycles. The summed E-state index contributed by atoms with van der Waals surface area (Å²) in [5, 5.41) is 14.3. The number of carboxylic acid groups (broad SMARTS) is 1. The highest BCUT2D eigenvalue weighted by molar-refractivity contribution is 5.97. The van der Waals surface area contributed by atoms with Gasteiger partial charge in [0.25, 0.3) is 0 Å². The maximum absolute atomic E-state index is 15.3. The van der Waals surface area contributed by atoms with Gasteiger partial charge in [-0.15, -0.1) is 0 Å². The SMILES string of the molecule is CN1COc2c(N3CCC(Nc4ccccn4)C3)c(F)cc3c(=O)c(C(=O)O)cn1c23. The Kier molecular flexibility index (Phi) is 4.42. The van der Waals surface area contributed by atoms with Crippen LogP contribution in [-0.4, -0.2) is 53.6 Å². The predicted molar refractivity (Wildman–Crippen MR) is 113 cm³/mol. The van der Waals surface area contributed by atoms with Crippen LogP contribution in [0.3, 0.4) is 0 Å². The minimum atomic E-state index is -1.36. The molecular weight excluding hydrogens is 405 g/mol. The number of halogens is 1. The number of aromatic carboxylic acids is 1. The summed E-state index contributed by atoms with van der Waals surface area (Å²) < 4.78 is 22.7. The van der Waals surface area contributed by atoms with E-state index in [1.807, 2.05) is 23.1 Å². The fourth-order valence-electron chi connectivity index (χ4n) is 4.21. The Morgan fingerprint density at radius 1 is 1.39 bits per heavy atom. The molecule has 2 aliphatic heterocycles. The molecule has 0 spiro atoms. The normalized spacial score (nSPS) is 17.7. The first kappa shape index (κ1) is 19.2. The molecule has 1 unspecified atom stereocenters. The number of nitrogens with zero attached hydrogens (tertiary/aromatic N) is 4. The molecule has 1 atom stereocenters. The van der Waals surface area contributed by atoms with E-state index in [2.05, 4.69) is 10.3 Å². The van der Waals surface area contributed by atoms with Gasteiger partial charge in [-0.25, -0.2) is 14.2 Å². The third kappa shape index (κ3) is 3.11. The summed E-state index contributed by atoms with van der Waals surface area (Å²) in [6, 6.07) is 6.79. The van der Waals surface area contributed by atoms with Crippen LogP contribution in [0.4, 0.5) is 15.9 Å². The Labute approximate surface area is 176 Å². The zero-order chi connectivity index (χ0) is 21.7. The highest BCUT2D eigenvalue weighted by Crippen LogP contribution is 2.41. The van der Waals surface area contributed by atoms with Crippen molar-refractivity contribution in [3.05, 3.63) is 58.3 Å². The van der Waals surface area contributed by atoms with Crippen LogP contribution >= 0.6 is 0 Å². The highest BCUT2D eigenvalue weighted by atomic mass is 19.1. The number of nitrogens with one attached hydrogen (secondary N) is 1. The lowest BCUT2D eigenvalue weighted by Gasteiger charge is -2.33. The molecule has 0 bridgehead atoms. The summed E-state index contributed by atoms with van der Waals surface area (Å²) in [6.07, 6.45) is 3.74. The molecule has 160 valence electrons. The molecule has 1 fully saturated rings. The van der Waals surface area contributed by atoms with E-state index in [9.17, 15) is 14.7 Å². The summed E-state index contributed by atoms with van der Waals surface area (Å²) in [4.78, 5) is 30.4. The van der Waals surface area contributed by atoms with Gasteiger partial charge in [-0.1, -0.05) is 6.07 Å². The monoisotopic (exact) mass is 425 g/mol. The van der Waals surface area contributed by atoms with Crippen LogP contribution in [0, 0.1) is 5.82 Å². The molecule has 4 heterocycles. The van der Waals surface area contributed by atoms with Crippen molar-refractivity contribution in [2.24, 2.45) is 0 Å². The summed E-state index contributed by atoms with van der Waals surface area (Å²) in [5.74, 6) is -0.968. The van der Waals surface area contributed by atoms with Gasteiger partial charge in [-0.3, -0.25) is 14.5 Å². The number of pyridine rings is 2. The minimum absolute atomic E-state index is 0.0231. The lowest BCUT2D eigenvalue weighted by molar-refractivity contribution is 0.0694. The molecule has 2 aliphatic rings. The van der Waals surface area contributed by atoms with E-state index in [-0.39, 0.29) is 29.6 Å². The Morgan fingerprint density at radius 3 is 2.97 bits per heavy atom. The number of hydrogen-bond donors (Lipinski definition) is 2. The van der Waals surface area contributed by atoms with Crippen LogP contribution in [0.1, 0.15) is 16.8 Å². The smallest absolute Gasteiger partial charge is 0.341 e. The second-order valence-corrected chi connectivity index (χ2v) is 7.68. The van der Waals surface area contributed by atoms with Crippen molar-refractivity contribution in [2.45, 2.75) is 12.5 Å². The number of anilines is 2. The van der Waals surface area contributed by atoms with Gasteiger partial charge in [0.1, 0.15) is 22.6 Å². The van der Waals surface area contributed by atoms with Crippen molar-refractivity contribution in [3.8, 4) is 5.75 Å². The molecule has 0 radical (unpaired) electrons. The molecule has 31 heavy (non-hydrogen) atoms. The Bertz CT molecular complexity index is 1250. The van der Waals surface area contributed by atoms with E-state index in [4.69, 9.17) is 4.74 Å². The molecule has 2 aromatic heterocycles. The first-order valence-electron chi connectivity index (χ1n) is 9.86. The van der Waals surface area contributed by atoms with Gasteiger partial charge >= 0.3 is 5.97 Å². The molecule has 0 amide bonds. The van der Waals surface area contributed by atoms with E-state index in [1.165, 1.54) is 6.20 Å². The van der Waals surface area contributed by atoms with Gasteiger partial charge in [0.05, 0.1) is 5.39 Å². The van der Waals surface area contributed by atoms with Gasteiger partial charge < -0.3 is 20.1 Å². The molecule has 0 aliphatic carbocycles. The quantitative estimate of drug-likeness (QED) is 0.653. The number of carboxylic acids is 1. The number of ether oxygens (including phenoxy) is 1. The van der Waals surface area contributed by atoms with E-state index in [0.717, 1.165) is 18.3 Å². The predicted octanol–water partition coefficient (Wildman–Crippen LogP) is 1.84. The van der Waals surface area contributed by atoms with Crippen molar-refractivity contribution < 1.29 is 19.0 Å². The Balaban J connectivity index is 1.58. The Hall–Kier alpha value is -3.82. The van der Waals surface area contributed by atoms with Crippen LogP contribution < -0.4 is 25.4 Å². The van der Waals surface area contributed by atoms with Crippen molar-refractivity contribution in [3.63, 3.8) is 0 Å². The topological polar surface area (TPSA) is 99.9 Å². The molecule has 10 heteroatoms. The van der Waals surface area contributed by atoms with E-state index < -0.39 is 22.8 Å². The van der Waals surface area contributed by atoms with Crippen LogP contribution in [-0.2, 0) is 0 Å². The number of benzene rings is 1. The highest BCUT2D eigenvalue weighted by Gasteiger charge is 2.32. The molecular formula is C21H20FN5O4. The first-order chi connectivity index (χ1) is 14.9. The fourth-order valence-corrected chi connectivity index (χ4v) is 4.21. The van der Waals surface area contributed by atoms with E-state index in [1.54, 1.807) is 22.9 Å². The van der Waals surface area contributed by atoms with Gasteiger partial charge in [0, 0.05) is 38.6 Å². The number of hydrogen-bond acceptors (Lipinski definition) is 7. The second kappa shape index (κ2) is 7.15. The van der Waals surface area contributed by atoms with Gasteiger partial charge in [0.15, 0.2) is 18.3 Å². The molecule has 5 rings (SSSR count). The third-order valence-corrected chi connectivity index (χ3v) is 5.67. The number of carbonyl (C=O) groups is 1. The molecule has 9 nitrogen and oxygen atoms in total. The average molecular weight is 425 g/mol. The van der Waals surface area contributed by atoms with Crippen molar-refractivity contribution in [1.29, 1.82) is 0 Å². The van der Waals surface area contributed by atoms with Crippen LogP contribution in [0.5, 0.6) is 5.75 Å². The lowest BCUT2D eigenvalue weighted by atomic mass is 10.1. The van der Waals surface area contributed by atoms with Crippen LogP contribution in [0.2, 0.25) is 0 Å². The fraction of sp³-hybridized carbons (Fsp3) is 0.286. The summed E-state index contributed by atoms with van der Waals surface area (Å²) in [5.41, 5.74) is -0.510. The zero-order valence-corrected chi connectivity index (χ0v) is 16.7. The molecule has 2 N–H and O–H groups in total. The summed E-state index contributed by atoms with van der Waals surface area (Å²) in [6.45, 7) is 1.21.